The molecule has 0 saturated carbocycles. The molecule has 6 nitrogen and oxygen atoms in total. The second-order valence-electron chi connectivity index (χ2n) is 17.7. The molecule has 326 valence electrons. The molecule has 0 amide bonds. The summed E-state index contributed by atoms with van der Waals surface area (Å²) in [5, 5.41) is 0. The van der Waals surface area contributed by atoms with E-state index in [4.69, 9.17) is 14.2 Å². The Hall–Kier alpha value is -1.59. The van der Waals surface area contributed by atoms with E-state index >= 15 is 0 Å². The van der Waals surface area contributed by atoms with E-state index in [1.807, 2.05) is 0 Å². The Balaban J connectivity index is 4.31. The molecular weight excluding hydrogens is 685 g/mol. The number of hydrogen-bond acceptors (Lipinski definition) is 6. The highest BCUT2D eigenvalue weighted by Gasteiger charge is 2.19. The smallest absolute Gasteiger partial charge is 0.306 e. The van der Waals surface area contributed by atoms with Crippen LogP contribution in [0.3, 0.4) is 0 Å². The molecule has 0 spiro atoms. The van der Waals surface area contributed by atoms with Gasteiger partial charge in [-0.15, -0.1) is 0 Å². The van der Waals surface area contributed by atoms with E-state index in [9.17, 15) is 14.4 Å². The molecule has 0 N–H and O–H groups in total. The summed E-state index contributed by atoms with van der Waals surface area (Å²) in [5.41, 5.74) is 0. The monoisotopic (exact) mass is 779 g/mol. The maximum Gasteiger partial charge on any atom is 0.306 e. The number of carbonyl (C=O) groups is 3. The van der Waals surface area contributed by atoms with Gasteiger partial charge in [-0.25, -0.2) is 0 Å². The average molecular weight is 779 g/mol. The fourth-order valence-corrected chi connectivity index (χ4v) is 7.28. The molecule has 0 aliphatic carbocycles. The van der Waals surface area contributed by atoms with E-state index in [2.05, 4.69) is 34.6 Å². The van der Waals surface area contributed by atoms with E-state index < -0.39 is 6.10 Å². The minimum atomic E-state index is -0.761. The van der Waals surface area contributed by atoms with Crippen LogP contribution in [0.1, 0.15) is 266 Å². The molecule has 0 aromatic heterocycles. The van der Waals surface area contributed by atoms with Gasteiger partial charge in [-0.05, 0) is 31.1 Å². The van der Waals surface area contributed by atoms with Gasteiger partial charge in [0.15, 0.2) is 6.10 Å². The van der Waals surface area contributed by atoms with E-state index in [0.29, 0.717) is 19.3 Å². The fraction of sp³-hybridized carbons (Fsp3) is 0.939. The molecule has 0 heterocycles. The molecule has 0 rings (SSSR count). The topological polar surface area (TPSA) is 78.9 Å². The fourth-order valence-electron chi connectivity index (χ4n) is 7.28. The maximum atomic E-state index is 12.7. The van der Waals surface area contributed by atoms with Crippen LogP contribution in [-0.4, -0.2) is 37.2 Å². The summed E-state index contributed by atoms with van der Waals surface area (Å²) in [5.74, 6) is 0.734. The maximum absolute atomic E-state index is 12.7. The van der Waals surface area contributed by atoms with Crippen molar-refractivity contribution in [2.45, 2.75) is 272 Å². The summed E-state index contributed by atoms with van der Waals surface area (Å²) in [6.07, 6.45) is 41.0. The van der Waals surface area contributed by atoms with Crippen molar-refractivity contribution in [3.05, 3.63) is 0 Å². The largest absolute Gasteiger partial charge is 0.462 e. The van der Waals surface area contributed by atoms with Crippen molar-refractivity contribution in [3.8, 4) is 0 Å². The number of carbonyl (C=O) groups excluding carboxylic acids is 3. The molecule has 0 aliphatic heterocycles. The lowest BCUT2D eigenvalue weighted by Gasteiger charge is -2.18. The van der Waals surface area contributed by atoms with Crippen LogP contribution >= 0.6 is 0 Å². The van der Waals surface area contributed by atoms with Crippen LogP contribution in [0, 0.1) is 11.8 Å². The van der Waals surface area contributed by atoms with Crippen LogP contribution in [-0.2, 0) is 28.6 Å². The van der Waals surface area contributed by atoms with Crippen molar-refractivity contribution in [1.29, 1.82) is 0 Å². The van der Waals surface area contributed by atoms with E-state index in [1.165, 1.54) is 154 Å². The highest BCUT2D eigenvalue weighted by Crippen LogP contribution is 2.17. The van der Waals surface area contributed by atoms with Crippen LogP contribution in [0.15, 0.2) is 0 Å². The Morgan fingerprint density at radius 1 is 0.345 bits per heavy atom. The van der Waals surface area contributed by atoms with Crippen LogP contribution in [0.5, 0.6) is 0 Å². The lowest BCUT2D eigenvalue weighted by atomic mass is 10.0. The second kappa shape index (κ2) is 42.0. The third-order valence-corrected chi connectivity index (χ3v) is 11.0. The Kier molecular flexibility index (Phi) is 40.8. The Bertz CT molecular complexity index is 839. The van der Waals surface area contributed by atoms with E-state index in [1.54, 1.807) is 0 Å². The number of esters is 3. The normalized spacial score (nSPS) is 12.1. The molecule has 0 fully saturated rings. The van der Waals surface area contributed by atoms with Crippen LogP contribution in [0.4, 0.5) is 0 Å². The third-order valence-electron chi connectivity index (χ3n) is 11.0. The summed E-state index contributed by atoms with van der Waals surface area (Å²) in [7, 11) is 0. The summed E-state index contributed by atoms with van der Waals surface area (Å²) < 4.78 is 16.7. The van der Waals surface area contributed by atoms with Crippen LogP contribution in [0.2, 0.25) is 0 Å². The number of hydrogen-bond donors (Lipinski definition) is 0. The predicted octanol–water partition coefficient (Wildman–Crippen LogP) is 15.4. The number of rotatable bonds is 43. The molecule has 0 unspecified atom stereocenters. The van der Waals surface area contributed by atoms with E-state index in [0.717, 1.165) is 69.6 Å². The Labute approximate surface area is 342 Å². The summed E-state index contributed by atoms with van der Waals surface area (Å²) in [6.45, 7) is 11.3. The number of ether oxygens (including phenoxy) is 3. The zero-order chi connectivity index (χ0) is 40.5. The highest BCUT2D eigenvalue weighted by molar-refractivity contribution is 5.71. The van der Waals surface area contributed by atoms with Gasteiger partial charge in [0.25, 0.3) is 0 Å². The van der Waals surface area contributed by atoms with Gasteiger partial charge in [0.2, 0.25) is 0 Å². The minimum Gasteiger partial charge on any atom is -0.462 e. The molecule has 0 aromatic rings. The van der Waals surface area contributed by atoms with Gasteiger partial charge < -0.3 is 14.2 Å². The molecular formula is C49H94O6. The zero-order valence-corrected chi connectivity index (χ0v) is 37.6. The minimum absolute atomic E-state index is 0.0651. The molecule has 0 bridgehead atoms. The highest BCUT2D eigenvalue weighted by atomic mass is 16.6. The first-order valence-corrected chi connectivity index (χ1v) is 24.2. The first kappa shape index (κ1) is 53.4. The first-order chi connectivity index (χ1) is 26.7. The van der Waals surface area contributed by atoms with Gasteiger partial charge >= 0.3 is 17.9 Å². The SMILES string of the molecule is CCCCCCCCCCCCCCCCCC(=O)O[C@H](COC(=O)CCCCCCCCCCCC(C)C)COC(=O)CCCCCCCCCC(C)C. The van der Waals surface area contributed by atoms with Gasteiger partial charge in [-0.1, -0.05) is 227 Å². The van der Waals surface area contributed by atoms with E-state index in [-0.39, 0.29) is 31.1 Å². The van der Waals surface area contributed by atoms with Crippen molar-refractivity contribution in [2.24, 2.45) is 11.8 Å². The van der Waals surface area contributed by atoms with Gasteiger partial charge in [-0.3, -0.25) is 14.4 Å². The van der Waals surface area contributed by atoms with Crippen molar-refractivity contribution in [2.75, 3.05) is 13.2 Å². The molecule has 0 aromatic carbocycles. The average Bonchev–Trinajstić information content (AvgIpc) is 3.15. The Morgan fingerprint density at radius 2 is 0.600 bits per heavy atom. The van der Waals surface area contributed by atoms with Crippen molar-refractivity contribution in [1.82, 2.24) is 0 Å². The molecule has 6 heteroatoms. The zero-order valence-electron chi connectivity index (χ0n) is 37.6. The van der Waals surface area contributed by atoms with Crippen LogP contribution < -0.4 is 0 Å². The molecule has 0 saturated heterocycles. The van der Waals surface area contributed by atoms with Gasteiger partial charge in [0, 0.05) is 19.3 Å². The quantitative estimate of drug-likeness (QED) is 0.0348. The molecule has 0 radical (unpaired) electrons. The lowest BCUT2D eigenvalue weighted by Crippen LogP contribution is -2.30. The molecule has 0 aliphatic rings. The molecule has 55 heavy (non-hydrogen) atoms. The first-order valence-electron chi connectivity index (χ1n) is 24.2. The third kappa shape index (κ3) is 43.4. The van der Waals surface area contributed by atoms with Crippen molar-refractivity contribution < 1.29 is 28.6 Å². The standard InChI is InChI=1S/C49H94O6/c1-6-7-8-9-10-11-12-13-14-15-16-19-25-31-36-41-49(52)55-46(43-54-48(51)40-35-30-26-21-23-28-33-38-45(4)5)42-53-47(50)39-34-29-24-20-17-18-22-27-32-37-44(2)3/h44-46H,6-43H2,1-5H3/t46-/m1/s1. The molecule has 1 atom stereocenters. The van der Waals surface area contributed by atoms with Gasteiger partial charge in [-0.2, -0.15) is 0 Å². The second-order valence-corrected chi connectivity index (χ2v) is 17.7. The summed E-state index contributed by atoms with van der Waals surface area (Å²) >= 11 is 0. The van der Waals surface area contributed by atoms with Gasteiger partial charge in [0.05, 0.1) is 0 Å². The predicted molar refractivity (Wildman–Crippen MR) is 233 cm³/mol. The van der Waals surface area contributed by atoms with Crippen molar-refractivity contribution in [3.63, 3.8) is 0 Å². The summed E-state index contributed by atoms with van der Waals surface area (Å²) in [6, 6.07) is 0. The lowest BCUT2D eigenvalue weighted by molar-refractivity contribution is -0.167. The number of unbranched alkanes of at least 4 members (excludes halogenated alkanes) is 28. The van der Waals surface area contributed by atoms with Crippen molar-refractivity contribution >= 4 is 17.9 Å². The van der Waals surface area contributed by atoms with Gasteiger partial charge in [0.1, 0.15) is 13.2 Å². The van der Waals surface area contributed by atoms with Crippen LogP contribution in [0.25, 0.3) is 0 Å². The Morgan fingerprint density at radius 3 is 0.891 bits per heavy atom. The summed E-state index contributed by atoms with van der Waals surface area (Å²) in [4.78, 5) is 37.8.